The van der Waals surface area contributed by atoms with Gasteiger partial charge in [-0.05, 0) is 31.4 Å². The molecule has 0 aliphatic carbocycles. The maximum absolute atomic E-state index is 12.3. The first-order valence-electron chi connectivity index (χ1n) is 7.94. The number of nitrogens with zero attached hydrogens (tertiary/aromatic N) is 3. The number of amides is 1. The minimum atomic E-state index is -0.0796. The van der Waals surface area contributed by atoms with Gasteiger partial charge in [0.15, 0.2) is 5.58 Å². The van der Waals surface area contributed by atoms with Crippen molar-refractivity contribution in [1.82, 2.24) is 14.6 Å². The summed E-state index contributed by atoms with van der Waals surface area (Å²) in [6, 6.07) is 11.6. The summed E-state index contributed by atoms with van der Waals surface area (Å²) < 4.78 is 7.47. The molecule has 1 aromatic carbocycles. The number of benzene rings is 1. The van der Waals surface area contributed by atoms with E-state index in [-0.39, 0.29) is 11.7 Å². The third kappa shape index (κ3) is 3.17. The topological polar surface area (TPSA) is 72.4 Å². The Morgan fingerprint density at radius 3 is 2.96 bits per heavy atom. The number of anilines is 1. The number of carbonyl (C=O) groups excluding carboxylic acids is 1. The fraction of sp³-hybridized carbons (Fsp3) is 0.167. The average Bonchev–Trinajstić information content (AvgIpc) is 3.22. The number of nitrogens with one attached hydrogen (secondary N) is 1. The van der Waals surface area contributed by atoms with Gasteiger partial charge in [-0.2, -0.15) is 0 Å². The number of aryl methyl sites for hydroxylation is 1. The van der Waals surface area contributed by atoms with Crippen LogP contribution in [0.2, 0.25) is 0 Å². The fourth-order valence-electron chi connectivity index (χ4n) is 2.78. The highest BCUT2D eigenvalue weighted by Crippen LogP contribution is 2.28. The molecule has 3 aromatic heterocycles. The molecule has 4 aromatic rings. The van der Waals surface area contributed by atoms with E-state index in [0.717, 1.165) is 33.0 Å². The summed E-state index contributed by atoms with van der Waals surface area (Å²) in [6.45, 7) is 1.90. The number of furan rings is 1. The number of fused-ring (bicyclic) bond motifs is 3. The third-order valence-corrected chi connectivity index (χ3v) is 5.64. The largest absolute Gasteiger partial charge is 0.463 e. The minimum absolute atomic E-state index is 0.0796. The standard InChI is InChI=1S/C18H16N4O2S2/c1-11-20-21-18(15-9-16-14(22(11)15)6-7-24-16)26-10-17(23)19-12-4-3-5-13(8-12)25-2/h3-9H,10H2,1-2H3,(H,19,23). The third-order valence-electron chi connectivity index (χ3n) is 3.94. The van der Waals surface area contributed by atoms with Crippen molar-refractivity contribution in [3.8, 4) is 0 Å². The molecular weight excluding hydrogens is 368 g/mol. The summed E-state index contributed by atoms with van der Waals surface area (Å²) in [6.07, 6.45) is 3.66. The van der Waals surface area contributed by atoms with Gasteiger partial charge < -0.3 is 9.73 Å². The van der Waals surface area contributed by atoms with Crippen molar-refractivity contribution in [3.63, 3.8) is 0 Å². The van der Waals surface area contributed by atoms with Gasteiger partial charge in [-0.3, -0.25) is 9.20 Å². The molecule has 26 heavy (non-hydrogen) atoms. The normalized spacial score (nSPS) is 11.3. The van der Waals surface area contributed by atoms with Crippen LogP contribution in [-0.4, -0.2) is 32.5 Å². The smallest absolute Gasteiger partial charge is 0.234 e. The van der Waals surface area contributed by atoms with Crippen LogP contribution in [0.25, 0.3) is 16.6 Å². The molecule has 1 N–H and O–H groups in total. The van der Waals surface area contributed by atoms with Gasteiger partial charge in [0.2, 0.25) is 5.91 Å². The van der Waals surface area contributed by atoms with E-state index in [0.29, 0.717) is 5.03 Å². The van der Waals surface area contributed by atoms with E-state index in [2.05, 4.69) is 15.5 Å². The second-order valence-corrected chi connectivity index (χ2v) is 7.50. The number of hydrogen-bond donors (Lipinski definition) is 1. The first kappa shape index (κ1) is 17.0. The number of rotatable bonds is 5. The second-order valence-electron chi connectivity index (χ2n) is 5.66. The van der Waals surface area contributed by atoms with Crippen molar-refractivity contribution in [1.29, 1.82) is 0 Å². The predicted molar refractivity (Wildman–Crippen MR) is 105 cm³/mol. The summed E-state index contributed by atoms with van der Waals surface area (Å²) in [5, 5.41) is 12.1. The summed E-state index contributed by atoms with van der Waals surface area (Å²) in [5.74, 6) is 0.951. The number of aromatic nitrogens is 3. The number of carbonyl (C=O) groups is 1. The van der Waals surface area contributed by atoms with Crippen LogP contribution in [0, 0.1) is 6.92 Å². The monoisotopic (exact) mass is 384 g/mol. The Bertz CT molecular complexity index is 1100. The zero-order valence-corrected chi connectivity index (χ0v) is 15.9. The zero-order valence-electron chi connectivity index (χ0n) is 14.2. The lowest BCUT2D eigenvalue weighted by Gasteiger charge is -2.07. The van der Waals surface area contributed by atoms with Crippen LogP contribution in [0.1, 0.15) is 5.82 Å². The predicted octanol–water partition coefficient (Wildman–Crippen LogP) is 4.24. The van der Waals surface area contributed by atoms with E-state index in [9.17, 15) is 4.79 Å². The minimum Gasteiger partial charge on any atom is -0.463 e. The van der Waals surface area contributed by atoms with Crippen molar-refractivity contribution in [2.45, 2.75) is 16.8 Å². The van der Waals surface area contributed by atoms with Crippen LogP contribution in [0.3, 0.4) is 0 Å². The van der Waals surface area contributed by atoms with E-state index < -0.39 is 0 Å². The van der Waals surface area contributed by atoms with Gasteiger partial charge in [0.25, 0.3) is 0 Å². The summed E-state index contributed by atoms with van der Waals surface area (Å²) in [5.41, 5.74) is 3.42. The highest BCUT2D eigenvalue weighted by Gasteiger charge is 2.15. The molecule has 0 unspecified atom stereocenters. The Kier molecular flexibility index (Phi) is 4.60. The van der Waals surface area contributed by atoms with Crippen molar-refractivity contribution >= 4 is 51.7 Å². The van der Waals surface area contributed by atoms with Crippen LogP contribution < -0.4 is 5.32 Å². The van der Waals surface area contributed by atoms with Gasteiger partial charge in [0, 0.05) is 22.7 Å². The van der Waals surface area contributed by atoms with Gasteiger partial charge in [0.05, 0.1) is 23.0 Å². The van der Waals surface area contributed by atoms with E-state index in [1.165, 1.54) is 11.8 Å². The van der Waals surface area contributed by atoms with Crippen LogP contribution >= 0.6 is 23.5 Å². The van der Waals surface area contributed by atoms with E-state index >= 15 is 0 Å². The molecule has 0 saturated heterocycles. The van der Waals surface area contributed by atoms with Gasteiger partial charge in [-0.1, -0.05) is 17.8 Å². The molecule has 3 heterocycles. The van der Waals surface area contributed by atoms with Crippen molar-refractivity contribution in [2.75, 3.05) is 17.3 Å². The van der Waals surface area contributed by atoms with E-state index in [4.69, 9.17) is 4.42 Å². The van der Waals surface area contributed by atoms with Crippen LogP contribution in [0.4, 0.5) is 5.69 Å². The molecule has 132 valence electrons. The maximum Gasteiger partial charge on any atom is 0.234 e. The Balaban J connectivity index is 1.52. The van der Waals surface area contributed by atoms with Crippen molar-refractivity contribution in [2.24, 2.45) is 0 Å². The molecule has 1 amide bonds. The van der Waals surface area contributed by atoms with E-state index in [1.54, 1.807) is 18.0 Å². The Morgan fingerprint density at radius 2 is 2.12 bits per heavy atom. The fourth-order valence-corrected chi connectivity index (χ4v) is 3.98. The lowest BCUT2D eigenvalue weighted by atomic mass is 10.3. The first-order chi connectivity index (χ1) is 12.7. The van der Waals surface area contributed by atoms with Gasteiger partial charge >= 0.3 is 0 Å². The molecule has 8 heteroatoms. The second kappa shape index (κ2) is 7.05. The number of thioether (sulfide) groups is 2. The molecule has 0 aliphatic rings. The number of hydrogen-bond acceptors (Lipinski definition) is 6. The molecule has 6 nitrogen and oxygen atoms in total. The molecule has 0 aliphatic heterocycles. The maximum atomic E-state index is 12.3. The molecule has 0 saturated carbocycles. The van der Waals surface area contributed by atoms with E-state index in [1.807, 2.05) is 54.0 Å². The van der Waals surface area contributed by atoms with Crippen LogP contribution in [0.15, 0.2) is 57.0 Å². The summed E-state index contributed by atoms with van der Waals surface area (Å²) >= 11 is 3.00. The molecule has 4 rings (SSSR count). The Hall–Kier alpha value is -2.45. The Morgan fingerprint density at radius 1 is 1.23 bits per heavy atom. The van der Waals surface area contributed by atoms with Crippen molar-refractivity contribution in [3.05, 3.63) is 48.5 Å². The van der Waals surface area contributed by atoms with Gasteiger partial charge in [-0.25, -0.2) is 0 Å². The van der Waals surface area contributed by atoms with Gasteiger partial charge in [0.1, 0.15) is 10.9 Å². The highest BCUT2D eigenvalue weighted by atomic mass is 32.2. The van der Waals surface area contributed by atoms with Crippen molar-refractivity contribution < 1.29 is 9.21 Å². The van der Waals surface area contributed by atoms with Crippen LogP contribution in [-0.2, 0) is 4.79 Å². The molecular formula is C18H16N4O2S2. The molecule has 0 spiro atoms. The lowest BCUT2D eigenvalue weighted by Crippen LogP contribution is -2.14. The van der Waals surface area contributed by atoms with Crippen LogP contribution in [0.5, 0.6) is 0 Å². The quantitative estimate of drug-likeness (QED) is 0.519. The molecule has 0 atom stereocenters. The Labute approximate surface area is 158 Å². The molecule has 0 bridgehead atoms. The summed E-state index contributed by atoms with van der Waals surface area (Å²) in [4.78, 5) is 13.4. The molecule has 0 radical (unpaired) electrons. The highest BCUT2D eigenvalue weighted by molar-refractivity contribution is 8.00. The first-order valence-corrected chi connectivity index (χ1v) is 10.2. The van der Waals surface area contributed by atoms with Gasteiger partial charge in [-0.15, -0.1) is 22.0 Å². The lowest BCUT2D eigenvalue weighted by molar-refractivity contribution is -0.113. The zero-order chi connectivity index (χ0) is 18.1. The summed E-state index contributed by atoms with van der Waals surface area (Å²) in [7, 11) is 0. The SMILES string of the molecule is CSc1cccc(NC(=O)CSc2nnc(C)n3c2cc2occc23)c1. The average molecular weight is 384 g/mol. The molecule has 0 fully saturated rings.